The van der Waals surface area contributed by atoms with E-state index in [0.717, 1.165) is 17.9 Å². The van der Waals surface area contributed by atoms with Crippen LogP contribution in [0.15, 0.2) is 59.5 Å². The van der Waals surface area contributed by atoms with Crippen molar-refractivity contribution in [1.82, 2.24) is 9.62 Å². The number of phenolic OH excluding ortho intramolecular Hbond substituents is 1. The fraction of sp³-hybridized carbons (Fsp3) is 0.458. The second-order valence-electron chi connectivity index (χ2n) is 8.70. The lowest BCUT2D eigenvalue weighted by molar-refractivity contribution is 0.0768. The molecule has 2 aromatic carbocycles. The van der Waals surface area contributed by atoms with Gasteiger partial charge in [-0.1, -0.05) is 44.2 Å². The first kappa shape index (κ1) is 26.3. The predicted molar refractivity (Wildman–Crippen MR) is 132 cm³/mol. The first-order valence-electron chi connectivity index (χ1n) is 11.2. The van der Waals surface area contributed by atoms with Gasteiger partial charge in [-0.05, 0) is 47.9 Å². The number of aliphatic hydroxyl groups is 1. The Bertz CT molecular complexity index is 1030. The van der Waals surface area contributed by atoms with Gasteiger partial charge < -0.3 is 20.3 Å². The van der Waals surface area contributed by atoms with Crippen molar-refractivity contribution in [3.8, 4) is 5.75 Å². The lowest BCUT2D eigenvalue weighted by atomic mass is 10.0. The van der Waals surface area contributed by atoms with Crippen LogP contribution >= 0.6 is 11.8 Å². The number of amides is 1. The summed E-state index contributed by atoms with van der Waals surface area (Å²) in [6.45, 7) is 3.71. The summed E-state index contributed by atoms with van der Waals surface area (Å²) in [6.07, 6.45) is -1.27. The molecule has 0 aromatic heterocycles. The molecule has 0 aliphatic carbocycles. The minimum absolute atomic E-state index is 0.00736. The number of hydrogen-bond donors (Lipinski definition) is 3. The number of nitrogens with one attached hydrogen (secondary N) is 1. The number of hydrogen-bond acceptors (Lipinski definition) is 7. The molecule has 2 aromatic rings. The average Bonchev–Trinajstić information content (AvgIpc) is 3.30. The van der Waals surface area contributed by atoms with Gasteiger partial charge in [-0.2, -0.15) is 16.1 Å². The van der Waals surface area contributed by atoms with Gasteiger partial charge in [0.05, 0.1) is 17.0 Å². The highest BCUT2D eigenvalue weighted by Gasteiger charge is 2.32. The van der Waals surface area contributed by atoms with Gasteiger partial charge in [0.15, 0.2) is 0 Å². The summed E-state index contributed by atoms with van der Waals surface area (Å²) in [6, 6.07) is 13.3. The summed E-state index contributed by atoms with van der Waals surface area (Å²) >= 11 is 1.72. The van der Waals surface area contributed by atoms with Crippen molar-refractivity contribution < 1.29 is 28.2 Å². The van der Waals surface area contributed by atoms with Gasteiger partial charge in [0, 0.05) is 18.8 Å². The van der Waals surface area contributed by atoms with Crippen molar-refractivity contribution in [3.05, 3.63) is 60.2 Å². The molecule has 1 aliphatic rings. The van der Waals surface area contributed by atoms with Crippen LogP contribution < -0.4 is 5.32 Å². The SMILES string of the molecule is CC(C)CN(C[C@@H](O)C(NC(=O)O[C@H]1CCSC1)c1ccccc1)S(=O)(=O)c1ccc(O)cc1. The molecule has 10 heteroatoms. The largest absolute Gasteiger partial charge is 0.508 e. The Hall–Kier alpha value is -2.27. The van der Waals surface area contributed by atoms with Gasteiger partial charge in [0.2, 0.25) is 10.0 Å². The zero-order chi connectivity index (χ0) is 24.7. The average molecular weight is 509 g/mol. The number of carbonyl (C=O) groups excluding carboxylic acids is 1. The number of nitrogens with zero attached hydrogens (tertiary/aromatic N) is 1. The molecule has 1 aliphatic heterocycles. The highest BCUT2D eigenvalue weighted by Crippen LogP contribution is 2.25. The number of phenols is 1. The van der Waals surface area contributed by atoms with Crippen molar-refractivity contribution in [1.29, 1.82) is 0 Å². The standard InChI is InChI=1S/C24H32N2O6S2/c1-17(2)14-26(34(30,31)21-10-8-19(27)9-11-21)15-22(28)23(18-6-4-3-5-7-18)25-24(29)32-20-12-13-33-16-20/h3-11,17,20,22-23,27-28H,12-16H2,1-2H3,(H,25,29)/t20-,22+,23?/m0/s1. The van der Waals surface area contributed by atoms with Crippen LogP contribution in [0.25, 0.3) is 0 Å². The molecule has 1 heterocycles. The number of carbonyl (C=O) groups is 1. The molecule has 186 valence electrons. The van der Waals surface area contributed by atoms with Gasteiger partial charge in [-0.15, -0.1) is 0 Å². The van der Waals surface area contributed by atoms with Crippen LogP contribution in [-0.4, -0.2) is 65.8 Å². The Morgan fingerprint density at radius 3 is 2.41 bits per heavy atom. The number of benzene rings is 2. The molecule has 34 heavy (non-hydrogen) atoms. The van der Waals surface area contributed by atoms with Crippen molar-refractivity contribution >= 4 is 27.9 Å². The minimum Gasteiger partial charge on any atom is -0.508 e. The summed E-state index contributed by atoms with van der Waals surface area (Å²) in [5.74, 6) is 1.62. The molecule has 1 fully saturated rings. The van der Waals surface area contributed by atoms with Gasteiger partial charge in [0.25, 0.3) is 0 Å². The Labute approximate surface area is 205 Å². The van der Waals surface area contributed by atoms with Crippen molar-refractivity contribution in [3.63, 3.8) is 0 Å². The summed E-state index contributed by atoms with van der Waals surface area (Å²) in [7, 11) is -3.96. The van der Waals surface area contributed by atoms with E-state index in [4.69, 9.17) is 4.74 Å². The van der Waals surface area contributed by atoms with Crippen molar-refractivity contribution in [2.75, 3.05) is 24.6 Å². The zero-order valence-electron chi connectivity index (χ0n) is 19.3. The smallest absolute Gasteiger partial charge is 0.408 e. The first-order valence-corrected chi connectivity index (χ1v) is 13.8. The monoisotopic (exact) mass is 508 g/mol. The molecule has 0 radical (unpaired) electrons. The van der Waals surface area contributed by atoms with E-state index in [1.807, 2.05) is 19.9 Å². The Kier molecular flexibility index (Phi) is 9.24. The Morgan fingerprint density at radius 2 is 1.82 bits per heavy atom. The van der Waals surface area contributed by atoms with Crippen molar-refractivity contribution in [2.45, 2.75) is 43.4 Å². The molecule has 3 N–H and O–H groups in total. The maximum Gasteiger partial charge on any atom is 0.408 e. The molecule has 1 saturated heterocycles. The number of aliphatic hydroxyl groups excluding tert-OH is 1. The molecule has 1 amide bonds. The minimum atomic E-state index is -3.96. The number of alkyl carbamates (subject to hydrolysis) is 1. The molecule has 0 spiro atoms. The maximum atomic E-state index is 13.3. The third kappa shape index (κ3) is 7.11. The van der Waals surface area contributed by atoms with Gasteiger partial charge >= 0.3 is 6.09 Å². The second kappa shape index (κ2) is 11.9. The summed E-state index contributed by atoms with van der Waals surface area (Å²) < 4.78 is 33.4. The van der Waals surface area contributed by atoms with Crippen LogP contribution in [-0.2, 0) is 14.8 Å². The van der Waals surface area contributed by atoms with E-state index >= 15 is 0 Å². The van der Waals surface area contributed by atoms with E-state index in [2.05, 4.69) is 5.32 Å². The first-order chi connectivity index (χ1) is 16.2. The fourth-order valence-corrected chi connectivity index (χ4v) is 6.45. The molecule has 3 rings (SSSR count). The highest BCUT2D eigenvalue weighted by molar-refractivity contribution is 7.99. The van der Waals surface area contributed by atoms with Gasteiger partial charge in [-0.25, -0.2) is 13.2 Å². The second-order valence-corrected chi connectivity index (χ2v) is 11.8. The number of aromatic hydroxyl groups is 1. The zero-order valence-corrected chi connectivity index (χ0v) is 21.0. The topological polar surface area (TPSA) is 116 Å². The fourth-order valence-electron chi connectivity index (χ4n) is 3.74. The van der Waals surface area contributed by atoms with Crippen LogP contribution in [0.1, 0.15) is 31.9 Å². The summed E-state index contributed by atoms with van der Waals surface area (Å²) in [5, 5.41) is 23.5. The van der Waals surface area contributed by atoms with Crippen LogP contribution in [0, 0.1) is 5.92 Å². The van der Waals surface area contributed by atoms with E-state index in [1.54, 1.807) is 36.0 Å². The Balaban J connectivity index is 1.82. The van der Waals surface area contributed by atoms with Crippen molar-refractivity contribution in [2.24, 2.45) is 5.92 Å². The third-order valence-corrected chi connectivity index (χ3v) is 8.39. The van der Waals surface area contributed by atoms with Crippen LogP contribution in [0.5, 0.6) is 5.75 Å². The van der Waals surface area contributed by atoms with Gasteiger partial charge in [0.1, 0.15) is 11.9 Å². The van der Waals surface area contributed by atoms with E-state index in [0.29, 0.717) is 5.56 Å². The molecule has 8 nitrogen and oxygen atoms in total. The normalized spacial score (nSPS) is 18.1. The van der Waals surface area contributed by atoms with E-state index < -0.39 is 28.3 Å². The molecule has 0 saturated carbocycles. The number of rotatable bonds is 10. The number of ether oxygens (including phenoxy) is 1. The molecular weight excluding hydrogens is 476 g/mol. The molecule has 3 atom stereocenters. The van der Waals surface area contributed by atoms with Crippen LogP contribution in [0.4, 0.5) is 4.79 Å². The number of sulfonamides is 1. The predicted octanol–water partition coefficient (Wildman–Crippen LogP) is 3.37. The Morgan fingerprint density at radius 1 is 1.15 bits per heavy atom. The van der Waals surface area contributed by atoms with Crippen LogP contribution in [0.2, 0.25) is 0 Å². The third-order valence-electron chi connectivity index (χ3n) is 5.41. The van der Waals surface area contributed by atoms with Crippen LogP contribution in [0.3, 0.4) is 0 Å². The quantitative estimate of drug-likeness (QED) is 0.451. The van der Waals surface area contributed by atoms with E-state index in [9.17, 15) is 23.4 Å². The lowest BCUT2D eigenvalue weighted by Gasteiger charge is -2.31. The molecular formula is C24H32N2O6S2. The molecule has 1 unspecified atom stereocenters. The summed E-state index contributed by atoms with van der Waals surface area (Å²) in [4.78, 5) is 12.6. The highest BCUT2D eigenvalue weighted by atomic mass is 32.2. The lowest BCUT2D eigenvalue weighted by Crippen LogP contribution is -2.46. The van der Waals surface area contributed by atoms with Gasteiger partial charge in [-0.3, -0.25) is 0 Å². The number of thioether (sulfide) groups is 1. The maximum absolute atomic E-state index is 13.3. The summed E-state index contributed by atoms with van der Waals surface area (Å²) in [5.41, 5.74) is 0.638. The molecule has 0 bridgehead atoms. The van der Waals surface area contributed by atoms with E-state index in [1.165, 1.54) is 28.6 Å². The van der Waals surface area contributed by atoms with E-state index in [-0.39, 0.29) is 35.8 Å².